The Morgan fingerprint density at radius 3 is 2.33 bits per heavy atom. The summed E-state index contributed by atoms with van der Waals surface area (Å²) in [5.74, 6) is 0.400. The van der Waals surface area contributed by atoms with Crippen LogP contribution >= 0.6 is 0 Å². The molecule has 0 spiro atoms. The number of halogens is 4. The van der Waals surface area contributed by atoms with Crippen LogP contribution < -0.4 is 4.74 Å². The van der Waals surface area contributed by atoms with Gasteiger partial charge in [0.05, 0.1) is 7.11 Å². The highest BCUT2D eigenvalue weighted by molar-refractivity contribution is 7.91. The van der Waals surface area contributed by atoms with Crippen LogP contribution in [0.1, 0.15) is 25.8 Å². The van der Waals surface area contributed by atoms with E-state index < -0.39 is 47.2 Å². The molecular formula is C18H27F4NO3S. The third kappa shape index (κ3) is 5.28. The Kier molecular flexibility index (Phi) is 6.72. The monoisotopic (exact) mass is 413 g/mol. The van der Waals surface area contributed by atoms with E-state index in [1.54, 1.807) is 0 Å². The Balaban J connectivity index is 2.30. The molecule has 0 saturated carbocycles. The number of aliphatic hydroxyl groups is 1. The van der Waals surface area contributed by atoms with Crippen LogP contribution in [0.2, 0.25) is 0 Å². The highest BCUT2D eigenvalue weighted by Crippen LogP contribution is 2.44. The molecule has 156 valence electrons. The Labute approximate surface area is 159 Å². The number of benzene rings is 1. The average Bonchev–Trinajstić information content (AvgIpc) is 2.55. The molecule has 1 unspecified atom stereocenters. The van der Waals surface area contributed by atoms with E-state index >= 15 is 0 Å². The van der Waals surface area contributed by atoms with Gasteiger partial charge in [-0.1, -0.05) is 13.8 Å². The quantitative estimate of drug-likeness (QED) is 0.575. The predicted molar refractivity (Wildman–Crippen MR) is 98.7 cm³/mol. The highest BCUT2D eigenvalue weighted by Gasteiger charge is 2.57. The molecule has 27 heavy (non-hydrogen) atoms. The van der Waals surface area contributed by atoms with Crippen LogP contribution in [-0.4, -0.2) is 64.6 Å². The molecule has 0 aromatic heterocycles. The number of ether oxygens (including phenoxy) is 1. The van der Waals surface area contributed by atoms with Gasteiger partial charge < -0.3 is 25.6 Å². The first-order valence-corrected chi connectivity index (χ1v) is 10.6. The highest BCUT2D eigenvalue weighted by atomic mass is 32.2. The number of β-amino-alcohol motifs (C(OH)–C–C–N with tert-alkyl or cyclic N) is 1. The summed E-state index contributed by atoms with van der Waals surface area (Å²) in [5.41, 5.74) is -3.93. The van der Waals surface area contributed by atoms with E-state index in [0.29, 0.717) is 11.5 Å². The minimum atomic E-state index is -4.87. The topological polar surface area (TPSA) is 55.8 Å². The van der Waals surface area contributed by atoms with E-state index in [1.807, 2.05) is 0 Å². The molecule has 1 aliphatic heterocycles. The lowest BCUT2D eigenvalue weighted by Gasteiger charge is -2.43. The van der Waals surface area contributed by atoms with Crippen molar-refractivity contribution in [2.24, 2.45) is 0 Å². The van der Waals surface area contributed by atoms with Crippen LogP contribution in [0.25, 0.3) is 0 Å². The van der Waals surface area contributed by atoms with Crippen LogP contribution in [-0.2, 0) is 16.6 Å². The fourth-order valence-electron chi connectivity index (χ4n) is 3.61. The minimum absolute atomic E-state index is 0.261. The fraction of sp³-hybridized carbons (Fsp3) is 0.667. The third-order valence-electron chi connectivity index (χ3n) is 5.05. The normalized spacial score (nSPS) is 20.4. The van der Waals surface area contributed by atoms with Crippen molar-refractivity contribution < 1.29 is 32.0 Å². The minimum Gasteiger partial charge on any atom is -0.689 e. The zero-order valence-corrected chi connectivity index (χ0v) is 16.7. The molecule has 0 amide bonds. The smallest absolute Gasteiger partial charge is 0.418 e. The largest absolute Gasteiger partial charge is 0.689 e. The Bertz CT molecular complexity index is 648. The maximum absolute atomic E-state index is 13.8. The lowest BCUT2D eigenvalue weighted by molar-refractivity contribution is -0.271. The summed E-state index contributed by atoms with van der Waals surface area (Å²) in [6.45, 7) is 2.97. The van der Waals surface area contributed by atoms with E-state index in [1.165, 1.54) is 38.0 Å². The summed E-state index contributed by atoms with van der Waals surface area (Å²) >= 11 is -1.72. The zero-order chi connectivity index (χ0) is 20.5. The van der Waals surface area contributed by atoms with Crippen molar-refractivity contribution in [2.45, 2.75) is 37.5 Å². The number of rotatable bonds is 6. The molecular weight excluding hydrogens is 386 g/mol. The second kappa shape index (κ2) is 8.14. The Hall–Kier alpha value is -1.03. The molecule has 0 aliphatic carbocycles. The molecule has 1 fully saturated rings. The first-order valence-electron chi connectivity index (χ1n) is 8.75. The average molecular weight is 413 g/mol. The molecule has 1 saturated heterocycles. The van der Waals surface area contributed by atoms with E-state index in [-0.39, 0.29) is 24.4 Å². The van der Waals surface area contributed by atoms with Gasteiger partial charge in [0.2, 0.25) is 0 Å². The van der Waals surface area contributed by atoms with Crippen molar-refractivity contribution in [2.75, 3.05) is 38.2 Å². The van der Waals surface area contributed by atoms with E-state index in [2.05, 4.69) is 0 Å². The predicted octanol–water partition coefficient (Wildman–Crippen LogP) is 2.32. The summed E-state index contributed by atoms with van der Waals surface area (Å²) in [7, 11) is 1.36. The molecule has 1 aromatic rings. The summed E-state index contributed by atoms with van der Waals surface area (Å²) in [5, 5.41) is 10.6. The maximum Gasteiger partial charge on any atom is 0.418 e. The standard InChI is InChI=1S/C18H27F4NO3S/c1-16(2,14-10-13(19)4-5-15(14)26-3)11-17(24,18(20,21)22)12-23-6-8-27(25)9-7-23/h4-5,10,24H,6-9,11-12,27H2,1-3H3. The summed E-state index contributed by atoms with van der Waals surface area (Å²) in [6, 6.07) is 3.68. The summed E-state index contributed by atoms with van der Waals surface area (Å²) in [4.78, 5) is 1.50. The van der Waals surface area contributed by atoms with Gasteiger partial charge in [-0.05, 0) is 30.0 Å². The van der Waals surface area contributed by atoms with Gasteiger partial charge in [-0.15, -0.1) is 0 Å². The van der Waals surface area contributed by atoms with Crippen molar-refractivity contribution in [1.82, 2.24) is 4.90 Å². The molecule has 0 bridgehead atoms. The van der Waals surface area contributed by atoms with Crippen molar-refractivity contribution in [3.8, 4) is 5.75 Å². The molecule has 1 aromatic carbocycles. The molecule has 1 N–H and O–H groups in total. The number of hydrogen-bond acceptors (Lipinski definition) is 4. The van der Waals surface area contributed by atoms with Crippen LogP contribution in [0.4, 0.5) is 17.6 Å². The first-order chi connectivity index (χ1) is 12.4. The lowest BCUT2D eigenvalue weighted by Crippen LogP contribution is -2.58. The van der Waals surface area contributed by atoms with Gasteiger partial charge in [0.15, 0.2) is 5.60 Å². The van der Waals surface area contributed by atoms with Gasteiger partial charge >= 0.3 is 6.18 Å². The van der Waals surface area contributed by atoms with Crippen LogP contribution in [0, 0.1) is 5.82 Å². The summed E-state index contributed by atoms with van der Waals surface area (Å²) in [6.07, 6.45) is -5.53. The molecule has 1 aliphatic rings. The number of methoxy groups -OCH3 is 1. The van der Waals surface area contributed by atoms with E-state index in [9.17, 15) is 27.2 Å². The lowest BCUT2D eigenvalue weighted by atomic mass is 9.74. The van der Waals surface area contributed by atoms with Gasteiger partial charge in [-0.3, -0.25) is 4.90 Å². The van der Waals surface area contributed by atoms with Crippen molar-refractivity contribution in [3.05, 3.63) is 29.6 Å². The summed E-state index contributed by atoms with van der Waals surface area (Å²) < 4.78 is 71.8. The second-order valence-electron chi connectivity index (χ2n) is 7.75. The van der Waals surface area contributed by atoms with Crippen molar-refractivity contribution in [3.63, 3.8) is 0 Å². The van der Waals surface area contributed by atoms with Crippen LogP contribution in [0.15, 0.2) is 18.2 Å². The second-order valence-corrected chi connectivity index (χ2v) is 9.83. The van der Waals surface area contributed by atoms with Gasteiger partial charge in [0, 0.05) is 36.7 Å². The number of nitrogens with zero attached hydrogens (tertiary/aromatic N) is 1. The third-order valence-corrected chi connectivity index (χ3v) is 6.61. The molecule has 1 heterocycles. The van der Waals surface area contributed by atoms with Crippen molar-refractivity contribution in [1.29, 1.82) is 0 Å². The SMILES string of the molecule is COc1ccc(F)cc1C(C)(C)CC(O)(CN1CC[SH2+]([O-])CC1)C(F)(F)F. The van der Waals surface area contributed by atoms with Gasteiger partial charge in [-0.2, -0.15) is 13.2 Å². The molecule has 4 nitrogen and oxygen atoms in total. The molecule has 9 heteroatoms. The Morgan fingerprint density at radius 1 is 1.22 bits per heavy atom. The number of hydrogen-bond donors (Lipinski definition) is 1. The zero-order valence-electron chi connectivity index (χ0n) is 15.7. The molecule has 2 rings (SSSR count). The van der Waals surface area contributed by atoms with Gasteiger partial charge in [0.1, 0.15) is 11.6 Å². The fourth-order valence-corrected chi connectivity index (χ4v) is 4.99. The van der Waals surface area contributed by atoms with E-state index in [0.717, 1.165) is 6.07 Å². The number of alkyl halides is 3. The van der Waals surface area contributed by atoms with Gasteiger partial charge in [0.25, 0.3) is 0 Å². The van der Waals surface area contributed by atoms with Crippen LogP contribution in [0.3, 0.4) is 0 Å². The van der Waals surface area contributed by atoms with Crippen molar-refractivity contribution >= 4 is 11.2 Å². The maximum atomic E-state index is 13.8. The van der Waals surface area contributed by atoms with Crippen LogP contribution in [0.5, 0.6) is 5.75 Å². The van der Waals surface area contributed by atoms with E-state index in [4.69, 9.17) is 4.74 Å². The Morgan fingerprint density at radius 2 is 1.81 bits per heavy atom. The molecule has 1 atom stereocenters. The molecule has 0 radical (unpaired) electrons. The first kappa shape index (κ1) is 22.3. The van der Waals surface area contributed by atoms with Gasteiger partial charge in [-0.25, -0.2) is 4.39 Å².